The number of hydrogen-bond acceptors (Lipinski definition) is 2. The first kappa shape index (κ1) is 12.4. The molecule has 1 aromatic carbocycles. The first-order valence-corrected chi connectivity index (χ1v) is 6.70. The standard InChI is InChI=1S/C13H16BrNO2/c1-2-17-13(16)15-8-4-7-12(15)10-5-3-6-11(14)9-10/h3,5-6,9,12H,2,4,7-8H2,1H3/t12-/m1/s1. The van der Waals surface area contributed by atoms with Gasteiger partial charge in [-0.2, -0.15) is 0 Å². The van der Waals surface area contributed by atoms with Crippen molar-refractivity contribution >= 4 is 22.0 Å². The second kappa shape index (κ2) is 5.54. The third-order valence-electron chi connectivity index (χ3n) is 2.99. The van der Waals surface area contributed by atoms with Gasteiger partial charge in [-0.3, -0.25) is 0 Å². The molecule has 2 rings (SSSR count). The van der Waals surface area contributed by atoms with E-state index in [9.17, 15) is 4.79 Å². The number of nitrogens with zero attached hydrogens (tertiary/aromatic N) is 1. The monoisotopic (exact) mass is 297 g/mol. The SMILES string of the molecule is CCOC(=O)N1CCC[C@@H]1c1cccc(Br)c1. The minimum atomic E-state index is -0.199. The third kappa shape index (κ3) is 2.80. The Morgan fingerprint density at radius 1 is 1.59 bits per heavy atom. The molecule has 0 aliphatic carbocycles. The van der Waals surface area contributed by atoms with Crippen LogP contribution in [0.1, 0.15) is 31.4 Å². The summed E-state index contributed by atoms with van der Waals surface area (Å²) in [4.78, 5) is 13.6. The minimum Gasteiger partial charge on any atom is -0.450 e. The molecule has 1 amide bonds. The zero-order valence-electron chi connectivity index (χ0n) is 9.86. The van der Waals surface area contributed by atoms with Crippen molar-refractivity contribution in [2.24, 2.45) is 0 Å². The Balaban J connectivity index is 2.17. The van der Waals surface area contributed by atoms with Crippen molar-refractivity contribution < 1.29 is 9.53 Å². The van der Waals surface area contributed by atoms with Crippen LogP contribution in [0, 0.1) is 0 Å². The summed E-state index contributed by atoms with van der Waals surface area (Å²) in [6, 6.07) is 8.29. The predicted octanol–water partition coefficient (Wildman–Crippen LogP) is 3.74. The molecule has 0 spiro atoms. The third-order valence-corrected chi connectivity index (χ3v) is 3.48. The van der Waals surface area contributed by atoms with Crippen LogP contribution in [0.5, 0.6) is 0 Å². The van der Waals surface area contributed by atoms with Crippen LogP contribution in [0.3, 0.4) is 0 Å². The summed E-state index contributed by atoms with van der Waals surface area (Å²) < 4.78 is 6.13. The lowest BCUT2D eigenvalue weighted by Gasteiger charge is -2.24. The zero-order valence-corrected chi connectivity index (χ0v) is 11.4. The first-order valence-electron chi connectivity index (χ1n) is 5.91. The molecule has 1 fully saturated rings. The van der Waals surface area contributed by atoms with Gasteiger partial charge in [0.25, 0.3) is 0 Å². The number of hydrogen-bond donors (Lipinski definition) is 0. The van der Waals surface area contributed by atoms with Gasteiger partial charge in [-0.25, -0.2) is 4.79 Å². The maximum Gasteiger partial charge on any atom is 0.410 e. The Morgan fingerprint density at radius 3 is 3.12 bits per heavy atom. The summed E-state index contributed by atoms with van der Waals surface area (Å²) in [6.45, 7) is 3.05. The molecule has 1 heterocycles. The van der Waals surface area contributed by atoms with Crippen molar-refractivity contribution in [3.05, 3.63) is 34.3 Å². The van der Waals surface area contributed by atoms with Crippen LogP contribution in [0.4, 0.5) is 4.79 Å². The van der Waals surface area contributed by atoms with E-state index in [4.69, 9.17) is 4.74 Å². The lowest BCUT2D eigenvalue weighted by molar-refractivity contribution is 0.103. The number of likely N-dealkylation sites (tertiary alicyclic amines) is 1. The Hall–Kier alpha value is -1.03. The fraction of sp³-hybridized carbons (Fsp3) is 0.462. The maximum atomic E-state index is 11.8. The summed E-state index contributed by atoms with van der Waals surface area (Å²) >= 11 is 3.46. The Morgan fingerprint density at radius 2 is 2.41 bits per heavy atom. The van der Waals surface area contributed by atoms with E-state index in [1.807, 2.05) is 24.0 Å². The molecule has 3 nitrogen and oxygen atoms in total. The van der Waals surface area contributed by atoms with Gasteiger partial charge in [-0.1, -0.05) is 28.1 Å². The highest BCUT2D eigenvalue weighted by atomic mass is 79.9. The van der Waals surface area contributed by atoms with Crippen molar-refractivity contribution in [2.45, 2.75) is 25.8 Å². The number of carbonyl (C=O) groups excluding carboxylic acids is 1. The van der Waals surface area contributed by atoms with Gasteiger partial charge in [0.2, 0.25) is 0 Å². The zero-order chi connectivity index (χ0) is 12.3. The van der Waals surface area contributed by atoms with E-state index in [2.05, 4.69) is 28.1 Å². The first-order chi connectivity index (χ1) is 8.22. The second-order valence-electron chi connectivity index (χ2n) is 4.11. The maximum absolute atomic E-state index is 11.8. The largest absolute Gasteiger partial charge is 0.450 e. The number of carbonyl (C=O) groups is 1. The van der Waals surface area contributed by atoms with Crippen LogP contribution in [-0.4, -0.2) is 24.1 Å². The van der Waals surface area contributed by atoms with Gasteiger partial charge in [-0.05, 0) is 37.5 Å². The van der Waals surface area contributed by atoms with Crippen molar-refractivity contribution in [3.63, 3.8) is 0 Å². The molecule has 1 aliphatic heterocycles. The van der Waals surface area contributed by atoms with Gasteiger partial charge in [0.15, 0.2) is 0 Å². The minimum absolute atomic E-state index is 0.159. The lowest BCUT2D eigenvalue weighted by Crippen LogP contribution is -2.31. The van der Waals surface area contributed by atoms with Crippen LogP contribution >= 0.6 is 15.9 Å². The van der Waals surface area contributed by atoms with Gasteiger partial charge in [0, 0.05) is 11.0 Å². The number of ether oxygens (including phenoxy) is 1. The second-order valence-corrected chi connectivity index (χ2v) is 5.02. The molecule has 92 valence electrons. The van der Waals surface area contributed by atoms with E-state index in [1.54, 1.807) is 0 Å². The van der Waals surface area contributed by atoms with E-state index in [1.165, 1.54) is 5.56 Å². The molecule has 1 aromatic rings. The molecule has 0 aromatic heterocycles. The van der Waals surface area contributed by atoms with E-state index < -0.39 is 0 Å². The van der Waals surface area contributed by atoms with Crippen LogP contribution in [0.25, 0.3) is 0 Å². The summed E-state index contributed by atoms with van der Waals surface area (Å²) in [5.41, 5.74) is 1.17. The highest BCUT2D eigenvalue weighted by Crippen LogP contribution is 2.33. The van der Waals surface area contributed by atoms with Crippen molar-refractivity contribution in [3.8, 4) is 0 Å². The molecule has 0 radical (unpaired) electrons. The Kier molecular flexibility index (Phi) is 4.05. The highest BCUT2D eigenvalue weighted by molar-refractivity contribution is 9.10. The summed E-state index contributed by atoms with van der Waals surface area (Å²) in [5, 5.41) is 0. The quantitative estimate of drug-likeness (QED) is 0.832. The molecule has 1 aliphatic rings. The van der Waals surface area contributed by atoms with Crippen LogP contribution in [0.15, 0.2) is 28.7 Å². The molecule has 17 heavy (non-hydrogen) atoms. The van der Waals surface area contributed by atoms with Crippen molar-refractivity contribution in [1.82, 2.24) is 4.90 Å². The van der Waals surface area contributed by atoms with Gasteiger partial charge in [-0.15, -0.1) is 0 Å². The van der Waals surface area contributed by atoms with E-state index >= 15 is 0 Å². The molecular formula is C13H16BrNO2. The fourth-order valence-electron chi connectivity index (χ4n) is 2.25. The van der Waals surface area contributed by atoms with Gasteiger partial charge in [0.05, 0.1) is 12.6 Å². The van der Waals surface area contributed by atoms with Gasteiger partial charge in [0.1, 0.15) is 0 Å². The van der Waals surface area contributed by atoms with Crippen LogP contribution in [-0.2, 0) is 4.74 Å². The molecule has 0 unspecified atom stereocenters. The van der Waals surface area contributed by atoms with Crippen molar-refractivity contribution in [2.75, 3.05) is 13.2 Å². The molecule has 1 saturated heterocycles. The number of halogens is 1. The highest BCUT2D eigenvalue weighted by Gasteiger charge is 2.30. The Bertz CT molecular complexity index is 408. The summed E-state index contributed by atoms with van der Waals surface area (Å²) in [5.74, 6) is 0. The average Bonchev–Trinajstić information content (AvgIpc) is 2.78. The van der Waals surface area contributed by atoms with Gasteiger partial charge < -0.3 is 9.64 Å². The topological polar surface area (TPSA) is 29.5 Å². The Labute approximate surface area is 110 Å². The van der Waals surface area contributed by atoms with Gasteiger partial charge >= 0.3 is 6.09 Å². The fourth-order valence-corrected chi connectivity index (χ4v) is 2.67. The van der Waals surface area contributed by atoms with E-state index in [0.717, 1.165) is 23.9 Å². The molecule has 0 N–H and O–H groups in total. The summed E-state index contributed by atoms with van der Waals surface area (Å²) in [7, 11) is 0. The number of benzene rings is 1. The molecule has 1 atom stereocenters. The smallest absolute Gasteiger partial charge is 0.410 e. The average molecular weight is 298 g/mol. The van der Waals surface area contributed by atoms with Crippen LogP contribution < -0.4 is 0 Å². The molecule has 0 bridgehead atoms. The normalized spacial score (nSPS) is 19.4. The molecule has 4 heteroatoms. The summed E-state index contributed by atoms with van der Waals surface area (Å²) in [6.07, 6.45) is 1.85. The van der Waals surface area contributed by atoms with E-state index in [-0.39, 0.29) is 12.1 Å². The van der Waals surface area contributed by atoms with E-state index in [0.29, 0.717) is 6.61 Å². The molecular weight excluding hydrogens is 282 g/mol. The number of rotatable bonds is 2. The van der Waals surface area contributed by atoms with Crippen LogP contribution in [0.2, 0.25) is 0 Å². The lowest BCUT2D eigenvalue weighted by atomic mass is 10.1. The molecule has 0 saturated carbocycles. The number of amides is 1. The van der Waals surface area contributed by atoms with Crippen molar-refractivity contribution in [1.29, 1.82) is 0 Å². The predicted molar refractivity (Wildman–Crippen MR) is 69.8 cm³/mol.